The molecule has 0 radical (unpaired) electrons. The first kappa shape index (κ1) is 11.9. The van der Waals surface area contributed by atoms with Crippen molar-refractivity contribution in [1.82, 2.24) is 10.3 Å². The Bertz CT molecular complexity index is 481. The average molecular weight is 240 g/mol. The molecule has 0 unspecified atom stereocenters. The van der Waals surface area contributed by atoms with Crippen LogP contribution in [0.1, 0.15) is 10.4 Å². The summed E-state index contributed by atoms with van der Waals surface area (Å²) in [4.78, 5) is 24.8. The number of hydrogen-bond acceptors (Lipinski definition) is 4. The number of hydrogen-bond donors (Lipinski definition) is 1. The van der Waals surface area contributed by atoms with Gasteiger partial charge in [0.15, 0.2) is 0 Å². The Hall–Kier alpha value is -2.13. The molecule has 0 saturated carbocycles. The molecular weight excluding hydrogens is 234 g/mol. The highest BCUT2D eigenvalue weighted by molar-refractivity contribution is 6.32. The molecule has 0 aromatic carbocycles. The summed E-state index contributed by atoms with van der Waals surface area (Å²) < 4.78 is 0. The molecule has 0 spiro atoms. The van der Waals surface area contributed by atoms with Gasteiger partial charge < -0.3 is 5.32 Å². The fourth-order valence-electron chi connectivity index (χ4n) is 0.923. The van der Waals surface area contributed by atoms with Crippen molar-refractivity contribution < 1.29 is 9.72 Å². The zero-order valence-electron chi connectivity index (χ0n) is 7.94. The minimum atomic E-state index is -0.665. The van der Waals surface area contributed by atoms with Crippen molar-refractivity contribution in [3.63, 3.8) is 0 Å². The van der Waals surface area contributed by atoms with E-state index in [2.05, 4.69) is 16.2 Å². The number of carbonyl (C=O) groups excluding carboxylic acids is 1. The number of nitro groups is 1. The van der Waals surface area contributed by atoms with Crippen LogP contribution >= 0.6 is 11.6 Å². The molecule has 1 N–H and O–H groups in total. The van der Waals surface area contributed by atoms with Gasteiger partial charge in [0.25, 0.3) is 11.6 Å². The van der Waals surface area contributed by atoms with Crippen molar-refractivity contribution in [1.29, 1.82) is 0 Å². The van der Waals surface area contributed by atoms with Crippen LogP contribution in [0.2, 0.25) is 5.15 Å². The van der Waals surface area contributed by atoms with Crippen molar-refractivity contribution in [2.75, 3.05) is 6.54 Å². The van der Waals surface area contributed by atoms with Crippen LogP contribution in [0.15, 0.2) is 12.3 Å². The second kappa shape index (κ2) is 5.09. The predicted molar refractivity (Wildman–Crippen MR) is 57.1 cm³/mol. The third-order valence-corrected chi connectivity index (χ3v) is 1.93. The zero-order valence-corrected chi connectivity index (χ0v) is 8.69. The Labute approximate surface area is 95.8 Å². The molecule has 16 heavy (non-hydrogen) atoms. The van der Waals surface area contributed by atoms with Gasteiger partial charge in [0.2, 0.25) is 0 Å². The van der Waals surface area contributed by atoms with Gasteiger partial charge in [0.05, 0.1) is 17.0 Å². The van der Waals surface area contributed by atoms with E-state index >= 15 is 0 Å². The summed E-state index contributed by atoms with van der Waals surface area (Å²) in [5.74, 6) is 1.60. The third-order valence-electron chi connectivity index (χ3n) is 1.63. The summed E-state index contributed by atoms with van der Waals surface area (Å²) in [5.41, 5.74) is -0.388. The van der Waals surface area contributed by atoms with E-state index in [0.717, 1.165) is 12.3 Å². The SMILES string of the molecule is C#CCNC(=O)c1cc([N+](=O)[O-])cnc1Cl. The van der Waals surface area contributed by atoms with E-state index in [1.54, 1.807) is 0 Å². The van der Waals surface area contributed by atoms with Crippen LogP contribution in [-0.4, -0.2) is 22.4 Å². The predicted octanol–water partition coefficient (Wildman–Crippen LogP) is 1.01. The molecule has 0 bridgehead atoms. The number of terminal acetylenes is 1. The average Bonchev–Trinajstić information content (AvgIpc) is 2.26. The highest BCUT2D eigenvalue weighted by atomic mass is 35.5. The van der Waals surface area contributed by atoms with Crippen LogP contribution in [0, 0.1) is 22.5 Å². The Kier molecular flexibility index (Phi) is 3.80. The van der Waals surface area contributed by atoms with E-state index in [9.17, 15) is 14.9 Å². The van der Waals surface area contributed by atoms with Gasteiger partial charge in [0, 0.05) is 6.07 Å². The van der Waals surface area contributed by atoms with E-state index in [-0.39, 0.29) is 22.9 Å². The molecule has 0 aliphatic rings. The lowest BCUT2D eigenvalue weighted by Gasteiger charge is -2.02. The summed E-state index contributed by atoms with van der Waals surface area (Å²) in [5, 5.41) is 12.7. The lowest BCUT2D eigenvalue weighted by atomic mass is 10.2. The topological polar surface area (TPSA) is 85.1 Å². The maximum absolute atomic E-state index is 11.4. The molecule has 1 rings (SSSR count). The number of rotatable bonds is 3. The second-order valence-corrected chi connectivity index (χ2v) is 3.03. The zero-order chi connectivity index (χ0) is 12.1. The van der Waals surface area contributed by atoms with E-state index in [4.69, 9.17) is 18.0 Å². The number of amides is 1. The number of aromatic nitrogens is 1. The molecular formula is C9H6ClN3O3. The number of nitrogens with one attached hydrogen (secondary N) is 1. The standard InChI is InChI=1S/C9H6ClN3O3/c1-2-3-11-9(14)7-4-6(13(15)16)5-12-8(7)10/h1,4-5H,3H2,(H,11,14). The van der Waals surface area contributed by atoms with Crippen LogP contribution in [0.25, 0.3) is 0 Å². The van der Waals surface area contributed by atoms with Crippen LogP contribution in [0.4, 0.5) is 5.69 Å². The fraction of sp³-hybridized carbons (Fsp3) is 0.111. The van der Waals surface area contributed by atoms with Gasteiger partial charge in [0.1, 0.15) is 11.3 Å². The van der Waals surface area contributed by atoms with Gasteiger partial charge >= 0.3 is 0 Å². The second-order valence-electron chi connectivity index (χ2n) is 2.68. The number of pyridine rings is 1. The first-order chi connectivity index (χ1) is 7.56. The monoisotopic (exact) mass is 239 g/mol. The molecule has 1 heterocycles. The van der Waals surface area contributed by atoms with Crippen LogP contribution in [0.5, 0.6) is 0 Å². The molecule has 0 atom stereocenters. The molecule has 82 valence electrons. The first-order valence-electron chi connectivity index (χ1n) is 4.08. The summed E-state index contributed by atoms with van der Waals surface area (Å²) in [7, 11) is 0. The summed E-state index contributed by atoms with van der Waals surface area (Å²) >= 11 is 5.63. The molecule has 6 nitrogen and oxygen atoms in total. The van der Waals surface area contributed by atoms with Gasteiger partial charge in [-0.15, -0.1) is 6.42 Å². The minimum Gasteiger partial charge on any atom is -0.341 e. The Morgan fingerprint density at radius 2 is 2.44 bits per heavy atom. The van der Waals surface area contributed by atoms with Gasteiger partial charge in [-0.25, -0.2) is 4.98 Å². The van der Waals surface area contributed by atoms with Gasteiger partial charge in [-0.05, 0) is 0 Å². The molecule has 1 amide bonds. The number of carbonyl (C=O) groups is 1. The maximum atomic E-state index is 11.4. The van der Waals surface area contributed by atoms with Crippen LogP contribution in [-0.2, 0) is 0 Å². The molecule has 0 aliphatic carbocycles. The Morgan fingerprint density at radius 3 is 3.00 bits per heavy atom. The van der Waals surface area contributed by atoms with Crippen molar-refractivity contribution in [2.45, 2.75) is 0 Å². The van der Waals surface area contributed by atoms with Crippen LogP contribution in [0.3, 0.4) is 0 Å². The molecule has 1 aromatic rings. The molecule has 0 aliphatic heterocycles. The van der Waals surface area contributed by atoms with E-state index in [1.165, 1.54) is 0 Å². The van der Waals surface area contributed by atoms with E-state index in [0.29, 0.717) is 0 Å². The lowest BCUT2D eigenvalue weighted by molar-refractivity contribution is -0.385. The maximum Gasteiger partial charge on any atom is 0.288 e. The van der Waals surface area contributed by atoms with E-state index < -0.39 is 10.8 Å². The minimum absolute atomic E-state index is 0.0118. The Balaban J connectivity index is 3.03. The smallest absolute Gasteiger partial charge is 0.288 e. The molecule has 7 heteroatoms. The summed E-state index contributed by atoms with van der Waals surface area (Å²) in [6.45, 7) is 0.0118. The van der Waals surface area contributed by atoms with Crippen molar-refractivity contribution in [2.24, 2.45) is 0 Å². The van der Waals surface area contributed by atoms with Crippen molar-refractivity contribution in [3.8, 4) is 12.3 Å². The largest absolute Gasteiger partial charge is 0.341 e. The van der Waals surface area contributed by atoms with Gasteiger partial charge in [-0.3, -0.25) is 14.9 Å². The fourth-order valence-corrected chi connectivity index (χ4v) is 1.11. The highest BCUT2D eigenvalue weighted by Gasteiger charge is 2.16. The van der Waals surface area contributed by atoms with Crippen molar-refractivity contribution >= 4 is 23.2 Å². The lowest BCUT2D eigenvalue weighted by Crippen LogP contribution is -2.24. The van der Waals surface area contributed by atoms with Crippen LogP contribution < -0.4 is 5.32 Å². The number of halogens is 1. The first-order valence-corrected chi connectivity index (χ1v) is 4.45. The van der Waals surface area contributed by atoms with Crippen molar-refractivity contribution in [3.05, 3.63) is 33.1 Å². The third kappa shape index (κ3) is 2.68. The normalized spacial score (nSPS) is 9.25. The van der Waals surface area contributed by atoms with E-state index in [1.807, 2.05) is 0 Å². The van der Waals surface area contributed by atoms with Gasteiger partial charge in [-0.2, -0.15) is 0 Å². The summed E-state index contributed by atoms with van der Waals surface area (Å²) in [6.07, 6.45) is 5.92. The quantitative estimate of drug-likeness (QED) is 0.369. The molecule has 1 aromatic heterocycles. The van der Waals surface area contributed by atoms with Gasteiger partial charge in [-0.1, -0.05) is 17.5 Å². The highest BCUT2D eigenvalue weighted by Crippen LogP contribution is 2.18. The summed E-state index contributed by atoms with van der Waals surface area (Å²) in [6, 6.07) is 1.04. The molecule has 0 saturated heterocycles. The molecule has 0 fully saturated rings. The number of nitrogens with zero attached hydrogens (tertiary/aromatic N) is 2. The Morgan fingerprint density at radius 1 is 1.75 bits per heavy atom.